The predicted molar refractivity (Wildman–Crippen MR) is 62.1 cm³/mol. The summed E-state index contributed by atoms with van der Waals surface area (Å²) in [6.07, 6.45) is -0.0275. The van der Waals surface area contributed by atoms with Gasteiger partial charge >= 0.3 is 0 Å². The standard InChI is InChI=1S/C12H14FN3O/c13-10-1-2-12(9(5-10)6-14)16-3-4-17-11(7-15)8-16/h1-2,5,11H,3-4,7-8,15H2. The lowest BCUT2D eigenvalue weighted by Crippen LogP contribution is -2.45. The van der Waals surface area contributed by atoms with E-state index in [2.05, 4.69) is 0 Å². The first-order chi connectivity index (χ1) is 8.24. The molecule has 0 radical (unpaired) electrons. The molecule has 0 bridgehead atoms. The molecule has 0 aromatic heterocycles. The van der Waals surface area contributed by atoms with Crippen molar-refractivity contribution in [2.75, 3.05) is 31.1 Å². The van der Waals surface area contributed by atoms with Crippen LogP contribution in [0.2, 0.25) is 0 Å². The van der Waals surface area contributed by atoms with Crippen LogP contribution >= 0.6 is 0 Å². The molecule has 1 aromatic rings. The molecule has 90 valence electrons. The summed E-state index contributed by atoms with van der Waals surface area (Å²) in [5.74, 6) is -0.395. The Hall–Kier alpha value is -1.64. The summed E-state index contributed by atoms with van der Waals surface area (Å²) >= 11 is 0. The number of hydrogen-bond acceptors (Lipinski definition) is 4. The van der Waals surface area contributed by atoms with Gasteiger partial charge in [0.15, 0.2) is 0 Å². The fraction of sp³-hybridized carbons (Fsp3) is 0.417. The molecule has 0 spiro atoms. The van der Waals surface area contributed by atoms with E-state index in [1.807, 2.05) is 11.0 Å². The van der Waals surface area contributed by atoms with Crippen LogP contribution in [0.4, 0.5) is 10.1 Å². The largest absolute Gasteiger partial charge is 0.373 e. The van der Waals surface area contributed by atoms with Gasteiger partial charge in [0.05, 0.1) is 24.0 Å². The highest BCUT2D eigenvalue weighted by molar-refractivity contribution is 5.59. The zero-order valence-corrected chi connectivity index (χ0v) is 9.40. The Labute approximate surface area is 99.4 Å². The zero-order valence-electron chi connectivity index (χ0n) is 9.40. The van der Waals surface area contributed by atoms with Crippen molar-refractivity contribution in [1.29, 1.82) is 5.26 Å². The number of anilines is 1. The smallest absolute Gasteiger partial charge is 0.124 e. The zero-order chi connectivity index (χ0) is 12.3. The highest BCUT2D eigenvalue weighted by Crippen LogP contribution is 2.23. The second kappa shape index (κ2) is 5.13. The van der Waals surface area contributed by atoms with Gasteiger partial charge in [0, 0.05) is 19.6 Å². The van der Waals surface area contributed by atoms with Gasteiger partial charge < -0.3 is 15.4 Å². The van der Waals surface area contributed by atoms with E-state index >= 15 is 0 Å². The molecule has 0 saturated carbocycles. The summed E-state index contributed by atoms with van der Waals surface area (Å²) in [5.41, 5.74) is 6.66. The molecule has 1 aliphatic rings. The summed E-state index contributed by atoms with van der Waals surface area (Å²) in [7, 11) is 0. The minimum atomic E-state index is -0.395. The summed E-state index contributed by atoms with van der Waals surface area (Å²) < 4.78 is 18.5. The van der Waals surface area contributed by atoms with Crippen LogP contribution in [0.3, 0.4) is 0 Å². The van der Waals surface area contributed by atoms with E-state index in [4.69, 9.17) is 15.7 Å². The summed E-state index contributed by atoms with van der Waals surface area (Å²) in [5, 5.41) is 9.00. The SMILES string of the molecule is N#Cc1cc(F)ccc1N1CCOC(CN)C1. The molecular formula is C12H14FN3O. The van der Waals surface area contributed by atoms with Crippen LogP contribution in [0.1, 0.15) is 5.56 Å². The van der Waals surface area contributed by atoms with Crippen molar-refractivity contribution in [2.45, 2.75) is 6.10 Å². The average Bonchev–Trinajstić information content (AvgIpc) is 2.38. The number of morpholine rings is 1. The first-order valence-electron chi connectivity index (χ1n) is 5.51. The Morgan fingerprint density at radius 3 is 3.12 bits per heavy atom. The molecule has 17 heavy (non-hydrogen) atoms. The van der Waals surface area contributed by atoms with Gasteiger partial charge in [-0.2, -0.15) is 5.26 Å². The fourth-order valence-electron chi connectivity index (χ4n) is 1.95. The maximum absolute atomic E-state index is 13.0. The predicted octanol–water partition coefficient (Wildman–Crippen LogP) is 0.861. The van der Waals surface area contributed by atoms with Crippen molar-refractivity contribution in [3.05, 3.63) is 29.6 Å². The highest BCUT2D eigenvalue weighted by atomic mass is 19.1. The molecule has 1 atom stereocenters. The summed E-state index contributed by atoms with van der Waals surface area (Å²) in [4.78, 5) is 2.01. The maximum atomic E-state index is 13.0. The Balaban J connectivity index is 2.24. The number of ether oxygens (including phenoxy) is 1. The van der Waals surface area contributed by atoms with E-state index < -0.39 is 5.82 Å². The third kappa shape index (κ3) is 2.54. The van der Waals surface area contributed by atoms with Crippen molar-refractivity contribution in [2.24, 2.45) is 5.73 Å². The van der Waals surface area contributed by atoms with E-state index in [-0.39, 0.29) is 6.10 Å². The Morgan fingerprint density at radius 2 is 2.41 bits per heavy atom. The molecule has 2 N–H and O–H groups in total. The second-order valence-corrected chi connectivity index (χ2v) is 3.95. The van der Waals surface area contributed by atoms with E-state index in [0.717, 1.165) is 5.69 Å². The van der Waals surface area contributed by atoms with Crippen molar-refractivity contribution < 1.29 is 9.13 Å². The van der Waals surface area contributed by atoms with Gasteiger partial charge in [0.1, 0.15) is 11.9 Å². The molecule has 1 saturated heterocycles. The van der Waals surface area contributed by atoms with E-state index in [1.54, 1.807) is 6.07 Å². The van der Waals surface area contributed by atoms with Gasteiger partial charge in [-0.15, -0.1) is 0 Å². The normalized spacial score (nSPS) is 20.1. The lowest BCUT2D eigenvalue weighted by atomic mass is 10.1. The molecule has 1 aliphatic heterocycles. The molecule has 2 rings (SSSR count). The summed E-state index contributed by atoms with van der Waals surface area (Å²) in [6, 6.07) is 6.26. The third-order valence-electron chi connectivity index (χ3n) is 2.82. The van der Waals surface area contributed by atoms with Crippen LogP contribution in [-0.4, -0.2) is 32.3 Å². The number of nitrogens with two attached hydrogens (primary N) is 1. The molecule has 5 heteroatoms. The summed E-state index contributed by atoms with van der Waals surface area (Å²) in [6.45, 7) is 2.34. The number of hydrogen-bond donors (Lipinski definition) is 1. The first kappa shape index (κ1) is 11.8. The molecule has 0 aliphatic carbocycles. The number of benzene rings is 1. The molecule has 1 aromatic carbocycles. The molecule has 1 fully saturated rings. The first-order valence-corrected chi connectivity index (χ1v) is 5.51. The lowest BCUT2D eigenvalue weighted by Gasteiger charge is -2.34. The maximum Gasteiger partial charge on any atom is 0.124 e. The van der Waals surface area contributed by atoms with Crippen molar-refractivity contribution >= 4 is 5.69 Å². The van der Waals surface area contributed by atoms with Crippen LogP contribution in [0.15, 0.2) is 18.2 Å². The topological polar surface area (TPSA) is 62.3 Å². The number of nitriles is 1. The molecule has 4 nitrogen and oxygen atoms in total. The van der Waals surface area contributed by atoms with E-state index in [0.29, 0.717) is 31.8 Å². The quantitative estimate of drug-likeness (QED) is 0.826. The van der Waals surface area contributed by atoms with Gasteiger partial charge in [-0.3, -0.25) is 0 Å². The second-order valence-electron chi connectivity index (χ2n) is 3.95. The van der Waals surface area contributed by atoms with Crippen LogP contribution in [0.5, 0.6) is 0 Å². The molecule has 0 amide bonds. The third-order valence-corrected chi connectivity index (χ3v) is 2.82. The van der Waals surface area contributed by atoms with Crippen LogP contribution in [0, 0.1) is 17.1 Å². The minimum absolute atomic E-state index is 0.0275. The van der Waals surface area contributed by atoms with Crippen molar-refractivity contribution in [3.63, 3.8) is 0 Å². The lowest BCUT2D eigenvalue weighted by molar-refractivity contribution is 0.0465. The molecule has 1 unspecified atom stereocenters. The van der Waals surface area contributed by atoms with Gasteiger partial charge in [0.25, 0.3) is 0 Å². The van der Waals surface area contributed by atoms with Gasteiger partial charge in [-0.25, -0.2) is 4.39 Å². The van der Waals surface area contributed by atoms with Gasteiger partial charge in [-0.05, 0) is 18.2 Å². The van der Waals surface area contributed by atoms with E-state index in [9.17, 15) is 4.39 Å². The minimum Gasteiger partial charge on any atom is -0.373 e. The van der Waals surface area contributed by atoms with Gasteiger partial charge in [0.2, 0.25) is 0 Å². The molecular weight excluding hydrogens is 221 g/mol. The number of rotatable bonds is 2. The Bertz CT molecular complexity index is 444. The van der Waals surface area contributed by atoms with Crippen LogP contribution in [-0.2, 0) is 4.74 Å². The average molecular weight is 235 g/mol. The Kier molecular flexibility index (Phi) is 3.57. The fourth-order valence-corrected chi connectivity index (χ4v) is 1.95. The van der Waals surface area contributed by atoms with Crippen molar-refractivity contribution in [1.82, 2.24) is 0 Å². The van der Waals surface area contributed by atoms with Crippen LogP contribution in [0.25, 0.3) is 0 Å². The molecule has 1 heterocycles. The van der Waals surface area contributed by atoms with Crippen molar-refractivity contribution in [3.8, 4) is 6.07 Å². The Morgan fingerprint density at radius 1 is 1.59 bits per heavy atom. The highest BCUT2D eigenvalue weighted by Gasteiger charge is 2.21. The number of nitrogens with zero attached hydrogens (tertiary/aromatic N) is 2. The van der Waals surface area contributed by atoms with E-state index in [1.165, 1.54) is 12.1 Å². The monoisotopic (exact) mass is 235 g/mol. The van der Waals surface area contributed by atoms with Gasteiger partial charge in [-0.1, -0.05) is 0 Å². The number of halogens is 1. The van der Waals surface area contributed by atoms with Crippen LogP contribution < -0.4 is 10.6 Å².